The van der Waals surface area contributed by atoms with Gasteiger partial charge in [-0.2, -0.15) is 0 Å². The molecule has 0 spiro atoms. The molecule has 1 saturated carbocycles. The standard InChI is InChI=1S/C25H28N4/c1-17(2)20-13-22-25(28(3)11-10-26-22)23(14-20)27-15-21-12-19-6-4-5-7-24(19)29(21)16-18-8-9-18/h4-7,12-15,18,26H,1,8-11,16H2,2-3H3. The Hall–Kier alpha value is -3.01. The molecule has 4 heteroatoms. The van der Waals surface area contributed by atoms with Crippen molar-refractivity contribution >= 4 is 39.8 Å². The van der Waals surface area contributed by atoms with Gasteiger partial charge in [0.15, 0.2) is 0 Å². The number of hydrogen-bond donors (Lipinski definition) is 1. The molecule has 1 aliphatic carbocycles. The molecular formula is C25H28N4. The first-order chi connectivity index (χ1) is 14.1. The molecule has 2 aromatic carbocycles. The second-order valence-corrected chi connectivity index (χ2v) is 8.46. The number of aliphatic imine (C=N–C) groups is 1. The predicted octanol–water partition coefficient (Wildman–Crippen LogP) is 5.70. The van der Waals surface area contributed by atoms with Crippen molar-refractivity contribution in [1.29, 1.82) is 0 Å². The van der Waals surface area contributed by atoms with Crippen LogP contribution < -0.4 is 10.2 Å². The zero-order valence-corrected chi connectivity index (χ0v) is 17.3. The summed E-state index contributed by atoms with van der Waals surface area (Å²) >= 11 is 0. The molecule has 0 unspecified atom stereocenters. The Morgan fingerprint density at radius 2 is 2.07 bits per heavy atom. The average molecular weight is 385 g/mol. The van der Waals surface area contributed by atoms with Crippen molar-refractivity contribution in [3.8, 4) is 0 Å². The van der Waals surface area contributed by atoms with Crippen LogP contribution in [0.25, 0.3) is 16.5 Å². The number of hydrogen-bond acceptors (Lipinski definition) is 3. The lowest BCUT2D eigenvalue weighted by Gasteiger charge is -2.30. The van der Waals surface area contributed by atoms with Crippen molar-refractivity contribution in [3.63, 3.8) is 0 Å². The molecule has 1 aromatic heterocycles. The van der Waals surface area contributed by atoms with Gasteiger partial charge in [-0.1, -0.05) is 30.4 Å². The lowest BCUT2D eigenvalue weighted by atomic mass is 10.0. The Morgan fingerprint density at radius 1 is 1.24 bits per heavy atom. The Labute approximate surface area is 172 Å². The summed E-state index contributed by atoms with van der Waals surface area (Å²) in [5.74, 6) is 0.813. The highest BCUT2D eigenvalue weighted by Crippen LogP contribution is 2.40. The topological polar surface area (TPSA) is 32.6 Å². The van der Waals surface area contributed by atoms with E-state index in [9.17, 15) is 0 Å². The van der Waals surface area contributed by atoms with E-state index in [1.165, 1.54) is 35.1 Å². The molecule has 0 bridgehead atoms. The highest BCUT2D eigenvalue weighted by molar-refractivity contribution is 5.94. The minimum absolute atomic E-state index is 0.813. The van der Waals surface area contributed by atoms with Crippen LogP contribution in [0.5, 0.6) is 0 Å². The van der Waals surface area contributed by atoms with Gasteiger partial charge in [0.1, 0.15) is 0 Å². The van der Waals surface area contributed by atoms with Crippen LogP contribution in [0.4, 0.5) is 17.1 Å². The maximum atomic E-state index is 5.00. The number of fused-ring (bicyclic) bond motifs is 2. The van der Waals surface area contributed by atoms with E-state index in [0.29, 0.717) is 0 Å². The fraction of sp³-hybridized carbons (Fsp3) is 0.320. The molecule has 0 amide bonds. The van der Waals surface area contributed by atoms with Crippen molar-refractivity contribution in [2.24, 2.45) is 10.9 Å². The molecule has 148 valence electrons. The zero-order chi connectivity index (χ0) is 20.0. The smallest absolute Gasteiger partial charge is 0.0891 e. The van der Waals surface area contributed by atoms with E-state index >= 15 is 0 Å². The Bertz CT molecular complexity index is 1120. The van der Waals surface area contributed by atoms with Crippen molar-refractivity contribution < 1.29 is 0 Å². The first-order valence-corrected chi connectivity index (χ1v) is 10.5. The molecule has 1 aliphatic heterocycles. The Kier molecular flexibility index (Phi) is 4.42. The van der Waals surface area contributed by atoms with Crippen LogP contribution in [-0.2, 0) is 6.54 Å². The molecule has 1 N–H and O–H groups in total. The second kappa shape index (κ2) is 7.11. The molecular weight excluding hydrogens is 356 g/mol. The van der Waals surface area contributed by atoms with Gasteiger partial charge in [0, 0.05) is 37.6 Å². The first-order valence-electron chi connectivity index (χ1n) is 10.5. The maximum absolute atomic E-state index is 5.00. The highest BCUT2D eigenvalue weighted by atomic mass is 15.2. The molecule has 29 heavy (non-hydrogen) atoms. The quantitative estimate of drug-likeness (QED) is 0.573. The molecule has 1 fully saturated rings. The normalized spacial score (nSPS) is 16.3. The summed E-state index contributed by atoms with van der Waals surface area (Å²) in [7, 11) is 2.14. The third kappa shape index (κ3) is 3.44. The Morgan fingerprint density at radius 3 is 2.86 bits per heavy atom. The Balaban J connectivity index is 1.60. The molecule has 0 saturated heterocycles. The van der Waals surface area contributed by atoms with E-state index in [-0.39, 0.29) is 0 Å². The van der Waals surface area contributed by atoms with Crippen LogP contribution in [0.3, 0.4) is 0 Å². The summed E-state index contributed by atoms with van der Waals surface area (Å²) in [6.45, 7) is 9.19. The first kappa shape index (κ1) is 18.0. The fourth-order valence-electron chi connectivity index (χ4n) is 4.21. The number of nitrogens with one attached hydrogen (secondary N) is 1. The van der Waals surface area contributed by atoms with E-state index < -0.39 is 0 Å². The molecule has 0 radical (unpaired) electrons. The van der Waals surface area contributed by atoms with Crippen molar-refractivity contribution in [3.05, 3.63) is 60.3 Å². The van der Waals surface area contributed by atoms with Crippen LogP contribution in [0.2, 0.25) is 0 Å². The number of likely N-dealkylation sites (N-methyl/N-ethyl adjacent to an activating group) is 1. The van der Waals surface area contributed by atoms with Gasteiger partial charge in [-0.3, -0.25) is 4.99 Å². The van der Waals surface area contributed by atoms with Crippen LogP contribution in [0.1, 0.15) is 31.0 Å². The lowest BCUT2D eigenvalue weighted by molar-refractivity contribution is 0.644. The number of benzene rings is 2. The summed E-state index contributed by atoms with van der Waals surface area (Å²) in [6.07, 6.45) is 4.73. The minimum Gasteiger partial charge on any atom is -0.382 e. The summed E-state index contributed by atoms with van der Waals surface area (Å²) in [4.78, 5) is 7.29. The summed E-state index contributed by atoms with van der Waals surface area (Å²) < 4.78 is 2.44. The number of aromatic nitrogens is 1. The number of para-hydroxylation sites is 1. The van der Waals surface area contributed by atoms with Crippen LogP contribution in [0, 0.1) is 5.92 Å². The predicted molar refractivity (Wildman–Crippen MR) is 125 cm³/mol. The molecule has 2 heterocycles. The number of nitrogens with zero attached hydrogens (tertiary/aromatic N) is 3. The van der Waals surface area contributed by atoms with E-state index in [2.05, 4.69) is 77.8 Å². The second-order valence-electron chi connectivity index (χ2n) is 8.46. The lowest BCUT2D eigenvalue weighted by Crippen LogP contribution is -2.30. The van der Waals surface area contributed by atoms with Crippen molar-refractivity contribution in [2.75, 3.05) is 30.4 Å². The van der Waals surface area contributed by atoms with Gasteiger partial charge < -0.3 is 14.8 Å². The fourth-order valence-corrected chi connectivity index (χ4v) is 4.21. The van der Waals surface area contributed by atoms with Crippen LogP contribution in [0.15, 0.2) is 54.0 Å². The van der Waals surface area contributed by atoms with Gasteiger partial charge in [-0.15, -0.1) is 0 Å². The SMILES string of the molecule is C=C(C)c1cc(N=Cc2cc3ccccc3n2CC2CC2)c2c(c1)NCCN2C. The van der Waals surface area contributed by atoms with E-state index in [4.69, 9.17) is 4.99 Å². The summed E-state index contributed by atoms with van der Waals surface area (Å²) in [5, 5.41) is 4.82. The highest BCUT2D eigenvalue weighted by Gasteiger charge is 2.23. The van der Waals surface area contributed by atoms with Gasteiger partial charge in [-0.05, 0) is 55.5 Å². The minimum atomic E-state index is 0.813. The van der Waals surface area contributed by atoms with Crippen molar-refractivity contribution in [1.82, 2.24) is 4.57 Å². The molecule has 4 nitrogen and oxygen atoms in total. The molecule has 2 aliphatic rings. The van der Waals surface area contributed by atoms with Gasteiger partial charge in [0.2, 0.25) is 0 Å². The van der Waals surface area contributed by atoms with Gasteiger partial charge in [-0.25, -0.2) is 0 Å². The molecule has 5 rings (SSSR count). The number of allylic oxidation sites excluding steroid dienone is 1. The zero-order valence-electron chi connectivity index (χ0n) is 17.3. The summed E-state index contributed by atoms with van der Waals surface area (Å²) in [5.41, 5.74) is 7.99. The van der Waals surface area contributed by atoms with E-state index in [1.54, 1.807) is 0 Å². The van der Waals surface area contributed by atoms with Gasteiger partial charge in [0.25, 0.3) is 0 Å². The van der Waals surface area contributed by atoms with E-state index in [0.717, 1.165) is 48.1 Å². The third-order valence-corrected chi connectivity index (χ3v) is 6.04. The molecule has 0 atom stereocenters. The number of rotatable bonds is 5. The van der Waals surface area contributed by atoms with Crippen LogP contribution in [-0.4, -0.2) is 30.9 Å². The van der Waals surface area contributed by atoms with E-state index in [1.807, 2.05) is 6.21 Å². The third-order valence-electron chi connectivity index (χ3n) is 6.04. The van der Waals surface area contributed by atoms with Gasteiger partial charge in [0.05, 0.1) is 29.0 Å². The average Bonchev–Trinajstić information content (AvgIpc) is 3.47. The maximum Gasteiger partial charge on any atom is 0.0891 e. The van der Waals surface area contributed by atoms with Crippen molar-refractivity contribution in [2.45, 2.75) is 26.3 Å². The largest absolute Gasteiger partial charge is 0.382 e. The molecule has 3 aromatic rings. The summed E-state index contributed by atoms with van der Waals surface area (Å²) in [6, 6.07) is 15.3. The van der Waals surface area contributed by atoms with Crippen LogP contribution >= 0.6 is 0 Å². The van der Waals surface area contributed by atoms with Gasteiger partial charge >= 0.3 is 0 Å². The number of anilines is 2. The monoisotopic (exact) mass is 384 g/mol.